The van der Waals surface area contributed by atoms with E-state index in [2.05, 4.69) is 5.32 Å². The first-order valence-corrected chi connectivity index (χ1v) is 6.74. The normalized spacial score (nSPS) is 11.8. The lowest BCUT2D eigenvalue weighted by molar-refractivity contribution is -0.139. The zero-order chi connectivity index (χ0) is 15.1. The predicted octanol–water partition coefficient (Wildman–Crippen LogP) is 2.39. The average molecular weight is 278 g/mol. The maximum atomic E-state index is 12.0. The molecule has 1 atom stereocenters. The number of benzene rings is 1. The van der Waals surface area contributed by atoms with E-state index in [9.17, 15) is 9.59 Å². The van der Waals surface area contributed by atoms with Crippen LogP contribution in [0.5, 0.6) is 0 Å². The van der Waals surface area contributed by atoms with Gasteiger partial charge in [0, 0.05) is 13.6 Å². The summed E-state index contributed by atoms with van der Waals surface area (Å²) in [5.74, 6) is -0.996. The van der Waals surface area contributed by atoms with Crippen LogP contribution in [0.2, 0.25) is 0 Å². The van der Waals surface area contributed by atoms with Crippen molar-refractivity contribution in [3.05, 3.63) is 35.4 Å². The molecule has 1 unspecified atom stereocenters. The van der Waals surface area contributed by atoms with E-state index in [1.54, 1.807) is 7.05 Å². The largest absolute Gasteiger partial charge is 0.480 e. The van der Waals surface area contributed by atoms with E-state index in [0.29, 0.717) is 19.4 Å². The van der Waals surface area contributed by atoms with Crippen molar-refractivity contribution in [2.75, 3.05) is 7.05 Å². The van der Waals surface area contributed by atoms with E-state index in [1.165, 1.54) is 4.90 Å². The number of nitrogens with one attached hydrogen (secondary N) is 1. The summed E-state index contributed by atoms with van der Waals surface area (Å²) in [6, 6.07) is 6.62. The van der Waals surface area contributed by atoms with E-state index < -0.39 is 12.0 Å². The lowest BCUT2D eigenvalue weighted by Crippen LogP contribution is -2.46. The smallest absolute Gasteiger partial charge is 0.326 e. The Balaban J connectivity index is 2.63. The van der Waals surface area contributed by atoms with Crippen LogP contribution in [-0.4, -0.2) is 35.1 Å². The van der Waals surface area contributed by atoms with Crippen LogP contribution in [0.3, 0.4) is 0 Å². The van der Waals surface area contributed by atoms with Crippen LogP contribution in [0.25, 0.3) is 0 Å². The summed E-state index contributed by atoms with van der Waals surface area (Å²) < 4.78 is 0. The maximum absolute atomic E-state index is 12.0. The molecule has 0 aromatic heterocycles. The van der Waals surface area contributed by atoms with Crippen molar-refractivity contribution in [3.63, 3.8) is 0 Å². The Morgan fingerprint density at radius 3 is 2.55 bits per heavy atom. The minimum Gasteiger partial charge on any atom is -0.480 e. The standard InChI is InChI=1S/C15H22N2O3/c1-4-7-13(14(18)19)16-15(20)17(3)10-12-9-6-5-8-11(12)2/h5-6,8-9,13H,4,7,10H2,1-3H3,(H,16,20)(H,18,19). The lowest BCUT2D eigenvalue weighted by Gasteiger charge is -2.22. The Morgan fingerprint density at radius 2 is 2.00 bits per heavy atom. The second-order valence-corrected chi connectivity index (χ2v) is 4.91. The highest BCUT2D eigenvalue weighted by Crippen LogP contribution is 2.09. The van der Waals surface area contributed by atoms with Crippen LogP contribution >= 0.6 is 0 Å². The third-order valence-corrected chi connectivity index (χ3v) is 3.19. The van der Waals surface area contributed by atoms with Gasteiger partial charge in [-0.15, -0.1) is 0 Å². The van der Waals surface area contributed by atoms with Gasteiger partial charge in [-0.2, -0.15) is 0 Å². The number of hydrogen-bond acceptors (Lipinski definition) is 2. The van der Waals surface area contributed by atoms with Crippen molar-refractivity contribution in [2.24, 2.45) is 0 Å². The minimum atomic E-state index is -0.996. The molecule has 0 aliphatic carbocycles. The fourth-order valence-corrected chi connectivity index (χ4v) is 1.92. The quantitative estimate of drug-likeness (QED) is 0.839. The number of rotatable bonds is 6. The average Bonchev–Trinajstić information content (AvgIpc) is 2.40. The highest BCUT2D eigenvalue weighted by Gasteiger charge is 2.20. The molecule has 2 N–H and O–H groups in total. The molecule has 5 nitrogen and oxygen atoms in total. The van der Waals surface area contributed by atoms with Crippen LogP contribution in [-0.2, 0) is 11.3 Å². The number of amides is 2. The summed E-state index contributed by atoms with van der Waals surface area (Å²) in [4.78, 5) is 24.5. The second-order valence-electron chi connectivity index (χ2n) is 4.91. The summed E-state index contributed by atoms with van der Waals surface area (Å²) in [5.41, 5.74) is 2.16. The maximum Gasteiger partial charge on any atom is 0.326 e. The van der Waals surface area contributed by atoms with Crippen molar-refractivity contribution in [1.82, 2.24) is 10.2 Å². The molecular formula is C15H22N2O3. The molecule has 0 radical (unpaired) electrons. The van der Waals surface area contributed by atoms with E-state index >= 15 is 0 Å². The van der Waals surface area contributed by atoms with E-state index in [4.69, 9.17) is 5.11 Å². The van der Waals surface area contributed by atoms with Crippen LogP contribution in [0, 0.1) is 6.92 Å². The predicted molar refractivity (Wildman–Crippen MR) is 77.5 cm³/mol. The van der Waals surface area contributed by atoms with E-state index in [0.717, 1.165) is 11.1 Å². The number of carbonyl (C=O) groups is 2. The lowest BCUT2D eigenvalue weighted by atomic mass is 10.1. The first-order chi connectivity index (χ1) is 9.45. The first kappa shape index (κ1) is 16.0. The number of hydrogen-bond donors (Lipinski definition) is 2. The van der Waals surface area contributed by atoms with Gasteiger partial charge in [0.15, 0.2) is 0 Å². The molecule has 0 saturated heterocycles. The molecule has 5 heteroatoms. The number of carbonyl (C=O) groups excluding carboxylic acids is 1. The number of carboxylic acids is 1. The van der Waals surface area contributed by atoms with Crippen LogP contribution < -0.4 is 5.32 Å². The Hall–Kier alpha value is -2.04. The summed E-state index contributed by atoms with van der Waals surface area (Å²) in [6.07, 6.45) is 1.14. The highest BCUT2D eigenvalue weighted by molar-refractivity contribution is 5.82. The first-order valence-electron chi connectivity index (χ1n) is 6.74. The summed E-state index contributed by atoms with van der Waals surface area (Å²) in [6.45, 7) is 4.33. The molecule has 0 spiro atoms. The molecule has 0 heterocycles. The molecule has 0 fully saturated rings. The Bertz CT molecular complexity index is 474. The van der Waals surface area contributed by atoms with Crippen LogP contribution in [0.4, 0.5) is 4.79 Å². The van der Waals surface area contributed by atoms with Gasteiger partial charge in [-0.3, -0.25) is 0 Å². The molecule has 1 aromatic carbocycles. The van der Waals surface area contributed by atoms with Crippen molar-refractivity contribution < 1.29 is 14.7 Å². The number of aryl methyl sites for hydroxylation is 1. The molecule has 1 aromatic rings. The van der Waals surface area contributed by atoms with Gasteiger partial charge in [-0.25, -0.2) is 9.59 Å². The Kier molecular flexibility index (Phi) is 6.03. The molecule has 0 bridgehead atoms. The summed E-state index contributed by atoms with van der Waals surface area (Å²) >= 11 is 0. The van der Waals surface area contributed by atoms with Gasteiger partial charge in [0.05, 0.1) is 0 Å². The molecule has 0 saturated carbocycles. The third kappa shape index (κ3) is 4.57. The summed E-state index contributed by atoms with van der Waals surface area (Å²) in [7, 11) is 1.66. The monoisotopic (exact) mass is 278 g/mol. The number of aliphatic carboxylic acids is 1. The molecule has 20 heavy (non-hydrogen) atoms. The number of nitrogens with zero attached hydrogens (tertiary/aromatic N) is 1. The van der Waals surface area contributed by atoms with Crippen LogP contribution in [0.15, 0.2) is 24.3 Å². The SMILES string of the molecule is CCCC(NC(=O)N(C)Cc1ccccc1C)C(=O)O. The molecule has 0 aliphatic heterocycles. The van der Waals surface area contributed by atoms with E-state index in [-0.39, 0.29) is 6.03 Å². The topological polar surface area (TPSA) is 69.6 Å². The van der Waals surface area contributed by atoms with Gasteiger partial charge in [-0.05, 0) is 24.5 Å². The molecule has 110 valence electrons. The minimum absolute atomic E-state index is 0.367. The molecule has 0 aliphatic rings. The van der Waals surface area contributed by atoms with Crippen molar-refractivity contribution >= 4 is 12.0 Å². The van der Waals surface area contributed by atoms with Crippen LogP contribution in [0.1, 0.15) is 30.9 Å². The summed E-state index contributed by atoms with van der Waals surface area (Å²) in [5, 5.41) is 11.6. The van der Waals surface area contributed by atoms with Gasteiger partial charge in [-0.1, -0.05) is 37.6 Å². The number of urea groups is 1. The number of carboxylic acid groups (broad SMARTS) is 1. The molecule has 1 rings (SSSR count). The van der Waals surface area contributed by atoms with Gasteiger partial charge < -0.3 is 15.3 Å². The zero-order valence-electron chi connectivity index (χ0n) is 12.2. The Morgan fingerprint density at radius 1 is 1.35 bits per heavy atom. The van der Waals surface area contributed by atoms with E-state index in [1.807, 2.05) is 38.1 Å². The fourth-order valence-electron chi connectivity index (χ4n) is 1.92. The Labute approximate surface area is 119 Å². The van der Waals surface area contributed by atoms with Gasteiger partial charge in [0.25, 0.3) is 0 Å². The third-order valence-electron chi connectivity index (χ3n) is 3.19. The van der Waals surface area contributed by atoms with Gasteiger partial charge in [0.2, 0.25) is 0 Å². The van der Waals surface area contributed by atoms with Crippen molar-refractivity contribution in [2.45, 2.75) is 39.3 Å². The zero-order valence-corrected chi connectivity index (χ0v) is 12.2. The highest BCUT2D eigenvalue weighted by atomic mass is 16.4. The second kappa shape index (κ2) is 7.53. The molecular weight excluding hydrogens is 256 g/mol. The van der Waals surface area contributed by atoms with Crippen molar-refractivity contribution in [1.29, 1.82) is 0 Å². The molecule has 2 amide bonds. The van der Waals surface area contributed by atoms with Crippen molar-refractivity contribution in [3.8, 4) is 0 Å². The fraction of sp³-hybridized carbons (Fsp3) is 0.467. The van der Waals surface area contributed by atoms with Gasteiger partial charge in [0.1, 0.15) is 6.04 Å². The van der Waals surface area contributed by atoms with Gasteiger partial charge >= 0.3 is 12.0 Å².